The van der Waals surface area contributed by atoms with Crippen molar-refractivity contribution in [2.24, 2.45) is 0 Å². The van der Waals surface area contributed by atoms with Gasteiger partial charge in [-0.1, -0.05) is 36.4 Å². The third-order valence-corrected chi connectivity index (χ3v) is 4.79. The molecule has 2 aromatic carbocycles. The Bertz CT molecular complexity index is 897. The molecule has 0 unspecified atom stereocenters. The first-order valence-electron chi connectivity index (χ1n) is 8.89. The smallest absolute Gasteiger partial charge is 0.123 e. The van der Waals surface area contributed by atoms with Gasteiger partial charge in [-0.3, -0.25) is 4.68 Å². The van der Waals surface area contributed by atoms with Crippen LogP contribution in [0.3, 0.4) is 0 Å². The topological polar surface area (TPSA) is 17.8 Å². The van der Waals surface area contributed by atoms with E-state index in [1.165, 1.54) is 36.1 Å². The molecule has 0 amide bonds. The SMILES string of the molecule is CC(C)(C)n1cc(-c2ccc(F)cc2)c(-c2ccccc2C2CC2)n1. The van der Waals surface area contributed by atoms with Crippen LogP contribution < -0.4 is 0 Å². The largest absolute Gasteiger partial charge is 0.266 e. The molecule has 0 bridgehead atoms. The second-order valence-electron chi connectivity index (χ2n) is 7.88. The van der Waals surface area contributed by atoms with Gasteiger partial charge in [0.15, 0.2) is 0 Å². The van der Waals surface area contributed by atoms with E-state index in [9.17, 15) is 4.39 Å². The van der Waals surface area contributed by atoms with Crippen molar-refractivity contribution < 1.29 is 4.39 Å². The summed E-state index contributed by atoms with van der Waals surface area (Å²) in [5, 5.41) is 4.94. The number of benzene rings is 2. The Balaban J connectivity index is 1.92. The van der Waals surface area contributed by atoms with E-state index < -0.39 is 0 Å². The predicted octanol–water partition coefficient (Wildman–Crippen LogP) is 5.99. The molecule has 0 saturated heterocycles. The maximum Gasteiger partial charge on any atom is 0.123 e. The molecule has 3 aromatic rings. The maximum absolute atomic E-state index is 13.4. The van der Waals surface area contributed by atoms with Gasteiger partial charge in [0.25, 0.3) is 0 Å². The molecule has 0 N–H and O–H groups in total. The van der Waals surface area contributed by atoms with Crippen molar-refractivity contribution in [3.63, 3.8) is 0 Å². The van der Waals surface area contributed by atoms with Gasteiger partial charge in [-0.2, -0.15) is 5.10 Å². The van der Waals surface area contributed by atoms with Gasteiger partial charge in [-0.15, -0.1) is 0 Å². The lowest BCUT2D eigenvalue weighted by Gasteiger charge is -2.19. The third kappa shape index (κ3) is 3.11. The molecular weight excluding hydrogens is 311 g/mol. The standard InChI is InChI=1S/C22H23FN2/c1-22(2,3)25-14-20(16-10-12-17(23)13-11-16)21(24-25)19-7-5-4-6-18(19)15-8-9-15/h4-7,10-15H,8-9H2,1-3H3. The Labute approximate surface area is 148 Å². The molecule has 25 heavy (non-hydrogen) atoms. The van der Waals surface area contributed by atoms with Crippen molar-refractivity contribution in [2.75, 3.05) is 0 Å². The molecule has 1 aliphatic rings. The minimum absolute atomic E-state index is 0.110. The minimum atomic E-state index is -0.216. The second-order valence-corrected chi connectivity index (χ2v) is 7.88. The van der Waals surface area contributed by atoms with E-state index in [4.69, 9.17) is 5.10 Å². The van der Waals surface area contributed by atoms with Crippen LogP contribution in [0.2, 0.25) is 0 Å². The summed E-state index contributed by atoms with van der Waals surface area (Å²) in [5.74, 6) is 0.434. The molecule has 0 atom stereocenters. The summed E-state index contributed by atoms with van der Waals surface area (Å²) in [7, 11) is 0. The average molecular weight is 334 g/mol. The fourth-order valence-corrected chi connectivity index (χ4v) is 3.22. The van der Waals surface area contributed by atoms with Crippen LogP contribution in [0.4, 0.5) is 4.39 Å². The molecule has 128 valence electrons. The van der Waals surface area contributed by atoms with Crippen LogP contribution in [0.5, 0.6) is 0 Å². The average Bonchev–Trinajstić information content (AvgIpc) is 3.33. The summed E-state index contributed by atoms with van der Waals surface area (Å²) >= 11 is 0. The molecule has 4 rings (SSSR count). The minimum Gasteiger partial charge on any atom is -0.266 e. The van der Waals surface area contributed by atoms with Crippen LogP contribution in [0.25, 0.3) is 22.4 Å². The highest BCUT2D eigenvalue weighted by molar-refractivity contribution is 5.82. The maximum atomic E-state index is 13.4. The molecule has 1 fully saturated rings. The molecule has 0 spiro atoms. The Morgan fingerprint density at radius 1 is 0.960 bits per heavy atom. The Morgan fingerprint density at radius 3 is 2.28 bits per heavy atom. The summed E-state index contributed by atoms with van der Waals surface area (Å²) < 4.78 is 15.4. The van der Waals surface area contributed by atoms with Crippen molar-refractivity contribution in [3.8, 4) is 22.4 Å². The molecule has 0 radical (unpaired) electrons. The molecule has 3 heteroatoms. The number of aromatic nitrogens is 2. The van der Waals surface area contributed by atoms with Gasteiger partial charge in [0.1, 0.15) is 11.5 Å². The van der Waals surface area contributed by atoms with Crippen LogP contribution in [0.1, 0.15) is 45.1 Å². The lowest BCUT2D eigenvalue weighted by atomic mass is 9.96. The Kier molecular flexibility index (Phi) is 3.75. The zero-order valence-electron chi connectivity index (χ0n) is 15.0. The van der Waals surface area contributed by atoms with E-state index in [1.54, 1.807) is 0 Å². The summed E-state index contributed by atoms with van der Waals surface area (Å²) in [6.07, 6.45) is 4.60. The predicted molar refractivity (Wildman–Crippen MR) is 100 cm³/mol. The van der Waals surface area contributed by atoms with Crippen molar-refractivity contribution in [2.45, 2.75) is 45.1 Å². The lowest BCUT2D eigenvalue weighted by Crippen LogP contribution is -2.22. The summed E-state index contributed by atoms with van der Waals surface area (Å²) in [6, 6.07) is 15.3. The molecule has 1 aliphatic carbocycles. The number of rotatable bonds is 3. The van der Waals surface area contributed by atoms with Crippen LogP contribution in [-0.2, 0) is 5.54 Å². The van der Waals surface area contributed by atoms with E-state index in [0.29, 0.717) is 5.92 Å². The molecule has 1 saturated carbocycles. The van der Waals surface area contributed by atoms with Crippen LogP contribution in [0.15, 0.2) is 54.7 Å². The third-order valence-electron chi connectivity index (χ3n) is 4.79. The summed E-state index contributed by atoms with van der Waals surface area (Å²) in [6.45, 7) is 6.43. The zero-order chi connectivity index (χ0) is 17.6. The zero-order valence-corrected chi connectivity index (χ0v) is 15.0. The van der Waals surface area contributed by atoms with Crippen molar-refractivity contribution in [1.82, 2.24) is 9.78 Å². The second kappa shape index (κ2) is 5.83. The van der Waals surface area contributed by atoms with Gasteiger partial charge in [0.2, 0.25) is 0 Å². The van der Waals surface area contributed by atoms with E-state index in [1.807, 2.05) is 16.8 Å². The summed E-state index contributed by atoms with van der Waals surface area (Å²) in [4.78, 5) is 0. The molecule has 2 nitrogen and oxygen atoms in total. The van der Waals surface area contributed by atoms with Crippen molar-refractivity contribution in [3.05, 3.63) is 66.1 Å². The highest BCUT2D eigenvalue weighted by Crippen LogP contribution is 2.45. The van der Waals surface area contributed by atoms with E-state index in [0.717, 1.165) is 16.8 Å². The monoisotopic (exact) mass is 334 g/mol. The first kappa shape index (κ1) is 16.1. The van der Waals surface area contributed by atoms with Crippen LogP contribution in [0, 0.1) is 5.82 Å². The fraction of sp³-hybridized carbons (Fsp3) is 0.318. The first-order valence-corrected chi connectivity index (χ1v) is 8.89. The van der Waals surface area contributed by atoms with E-state index in [-0.39, 0.29) is 11.4 Å². The van der Waals surface area contributed by atoms with Crippen molar-refractivity contribution >= 4 is 0 Å². The molecule has 1 heterocycles. The van der Waals surface area contributed by atoms with Gasteiger partial charge in [-0.25, -0.2) is 4.39 Å². The number of nitrogens with zero attached hydrogens (tertiary/aromatic N) is 2. The van der Waals surface area contributed by atoms with Crippen LogP contribution in [-0.4, -0.2) is 9.78 Å². The number of hydrogen-bond acceptors (Lipinski definition) is 1. The molecule has 0 aliphatic heterocycles. The van der Waals surface area contributed by atoms with Crippen molar-refractivity contribution in [1.29, 1.82) is 0 Å². The number of halogens is 1. The highest BCUT2D eigenvalue weighted by Gasteiger charge is 2.28. The molecular formula is C22H23FN2. The van der Waals surface area contributed by atoms with Gasteiger partial charge in [-0.05, 0) is 62.8 Å². The van der Waals surface area contributed by atoms with E-state index in [2.05, 4.69) is 51.2 Å². The first-order chi connectivity index (χ1) is 11.9. The fourth-order valence-electron chi connectivity index (χ4n) is 3.22. The quantitative estimate of drug-likeness (QED) is 0.575. The lowest BCUT2D eigenvalue weighted by molar-refractivity contribution is 0.356. The summed E-state index contributed by atoms with van der Waals surface area (Å²) in [5.41, 5.74) is 5.52. The van der Waals surface area contributed by atoms with Gasteiger partial charge in [0, 0.05) is 17.3 Å². The normalized spacial score (nSPS) is 14.7. The Hall–Kier alpha value is -2.42. The van der Waals surface area contributed by atoms with Gasteiger partial charge in [0.05, 0.1) is 5.54 Å². The van der Waals surface area contributed by atoms with Gasteiger partial charge < -0.3 is 0 Å². The van der Waals surface area contributed by atoms with Crippen LogP contribution >= 0.6 is 0 Å². The van der Waals surface area contributed by atoms with Gasteiger partial charge >= 0.3 is 0 Å². The highest BCUT2D eigenvalue weighted by atomic mass is 19.1. The number of hydrogen-bond donors (Lipinski definition) is 0. The molecule has 1 aromatic heterocycles. The van der Waals surface area contributed by atoms with E-state index >= 15 is 0 Å². The Morgan fingerprint density at radius 2 is 1.64 bits per heavy atom.